The maximum Gasteiger partial charge on any atom is 0.265 e. The summed E-state index contributed by atoms with van der Waals surface area (Å²) in [4.78, 5) is 0. The van der Waals surface area contributed by atoms with Crippen LogP contribution in [0.25, 0.3) is 0 Å². The molecule has 2 rings (SSSR count). The fraction of sp³-hybridized carbons (Fsp3) is 0.278. The summed E-state index contributed by atoms with van der Waals surface area (Å²) in [6, 6.07) is 14.4. The minimum atomic E-state index is -3.86. The molecule has 2 aromatic carbocycles. The van der Waals surface area contributed by atoms with Crippen molar-refractivity contribution in [1.82, 2.24) is 0 Å². The topological polar surface area (TPSA) is 123 Å². The average Bonchev–Trinajstić information content (AvgIpc) is 2.62. The maximum absolute atomic E-state index is 11.6. The lowest BCUT2D eigenvalue weighted by molar-refractivity contribution is 0.141. The summed E-state index contributed by atoms with van der Waals surface area (Å²) in [6.07, 6.45) is 1.76. The third-order valence-corrected chi connectivity index (χ3v) is 4.80. The number of hydrogen-bond donors (Lipinski definition) is 2. The lowest BCUT2D eigenvalue weighted by Crippen LogP contribution is -2.18. The summed E-state index contributed by atoms with van der Waals surface area (Å²) >= 11 is 0. The monoisotopic (exact) mass is 426 g/mol. The van der Waals surface area contributed by atoms with Crippen LogP contribution in [0, 0.1) is 5.41 Å². The van der Waals surface area contributed by atoms with Crippen molar-refractivity contribution in [3.8, 4) is 0 Å². The second-order valence-corrected chi connectivity index (χ2v) is 9.35. The van der Waals surface area contributed by atoms with Gasteiger partial charge in [-0.25, -0.2) is 0 Å². The molecule has 2 aromatic rings. The van der Waals surface area contributed by atoms with Crippen LogP contribution in [0.2, 0.25) is 0 Å². The number of nitrogens with one attached hydrogen (secondary N) is 2. The fourth-order valence-electron chi connectivity index (χ4n) is 2.42. The quantitative estimate of drug-likeness (QED) is 0.441. The number of anilines is 1. The van der Waals surface area contributed by atoms with Crippen molar-refractivity contribution >= 4 is 32.1 Å². The van der Waals surface area contributed by atoms with Crippen LogP contribution >= 0.6 is 0 Å². The van der Waals surface area contributed by atoms with Gasteiger partial charge in [-0.1, -0.05) is 42.5 Å². The summed E-state index contributed by atoms with van der Waals surface area (Å²) in [5.41, 5.74) is 2.59. The van der Waals surface area contributed by atoms with Crippen LogP contribution in [0.4, 0.5) is 5.69 Å². The Morgan fingerprint density at radius 1 is 1.04 bits per heavy atom. The maximum atomic E-state index is 11.6. The van der Waals surface area contributed by atoms with E-state index in [4.69, 9.17) is 13.8 Å². The Kier molecular flexibility index (Phi) is 7.30. The van der Waals surface area contributed by atoms with Gasteiger partial charge in [-0.2, -0.15) is 16.8 Å². The molecule has 28 heavy (non-hydrogen) atoms. The van der Waals surface area contributed by atoms with Crippen LogP contribution in [0.15, 0.2) is 48.5 Å². The standard InChI is InChI=1S/C18H22N2O6S2/c1-27(21,22)25-13-18(26-28(2,23)24)15-8-9-16(11-19)17(10-15)20-12-14-6-4-3-5-7-14/h3-11,18-20H,12-13H2,1-2H3/t18-/m1/s1. The Hall–Kier alpha value is -2.27. The molecule has 0 amide bonds. The second kappa shape index (κ2) is 9.28. The van der Waals surface area contributed by atoms with Gasteiger partial charge in [0.2, 0.25) is 0 Å². The number of rotatable bonds is 10. The first-order chi connectivity index (χ1) is 13.1. The van der Waals surface area contributed by atoms with Gasteiger partial charge < -0.3 is 10.7 Å². The van der Waals surface area contributed by atoms with Gasteiger partial charge in [0.05, 0.1) is 19.1 Å². The number of hydrogen-bond acceptors (Lipinski definition) is 8. The summed E-state index contributed by atoms with van der Waals surface area (Å²) in [7, 11) is -7.64. The van der Waals surface area contributed by atoms with Gasteiger partial charge in [0.1, 0.15) is 6.10 Å². The Balaban J connectivity index is 2.30. The molecular weight excluding hydrogens is 404 g/mol. The molecule has 0 saturated carbocycles. The molecule has 0 spiro atoms. The van der Waals surface area contributed by atoms with E-state index >= 15 is 0 Å². The van der Waals surface area contributed by atoms with Crippen molar-refractivity contribution in [1.29, 1.82) is 5.41 Å². The highest BCUT2D eigenvalue weighted by molar-refractivity contribution is 7.86. The van der Waals surface area contributed by atoms with E-state index < -0.39 is 32.9 Å². The van der Waals surface area contributed by atoms with Crippen LogP contribution in [0.5, 0.6) is 0 Å². The molecule has 0 fully saturated rings. The molecule has 0 bridgehead atoms. The molecule has 0 aliphatic carbocycles. The van der Waals surface area contributed by atoms with Crippen molar-refractivity contribution in [2.75, 3.05) is 24.4 Å². The lowest BCUT2D eigenvalue weighted by Gasteiger charge is -2.18. The summed E-state index contributed by atoms with van der Waals surface area (Å²) in [5.74, 6) is 0. The molecule has 0 aliphatic rings. The molecule has 0 saturated heterocycles. The summed E-state index contributed by atoms with van der Waals surface area (Å²) < 4.78 is 55.5. The average molecular weight is 427 g/mol. The third kappa shape index (κ3) is 7.39. The number of benzene rings is 2. The van der Waals surface area contributed by atoms with Gasteiger partial charge in [-0.05, 0) is 17.2 Å². The van der Waals surface area contributed by atoms with Crippen LogP contribution in [0.3, 0.4) is 0 Å². The predicted octanol–water partition coefficient (Wildman–Crippen LogP) is 2.29. The van der Waals surface area contributed by atoms with Crippen molar-refractivity contribution in [3.05, 3.63) is 65.2 Å². The molecule has 0 heterocycles. The van der Waals surface area contributed by atoms with Crippen LogP contribution in [-0.2, 0) is 35.1 Å². The predicted molar refractivity (Wildman–Crippen MR) is 108 cm³/mol. The third-order valence-electron chi connectivity index (χ3n) is 3.65. The van der Waals surface area contributed by atoms with E-state index in [0.29, 0.717) is 23.4 Å². The van der Waals surface area contributed by atoms with Gasteiger partial charge >= 0.3 is 0 Å². The first-order valence-electron chi connectivity index (χ1n) is 8.22. The second-order valence-electron chi connectivity index (χ2n) is 6.11. The Bertz CT molecular complexity index is 1020. The van der Waals surface area contributed by atoms with E-state index in [1.54, 1.807) is 18.2 Å². The van der Waals surface area contributed by atoms with E-state index in [1.807, 2.05) is 30.3 Å². The smallest absolute Gasteiger partial charge is 0.265 e. The molecule has 1 atom stereocenters. The van der Waals surface area contributed by atoms with Crippen molar-refractivity contribution < 1.29 is 25.2 Å². The van der Waals surface area contributed by atoms with E-state index in [1.165, 1.54) is 0 Å². The molecule has 152 valence electrons. The molecule has 8 nitrogen and oxygen atoms in total. The minimum absolute atomic E-state index is 0.398. The highest BCUT2D eigenvalue weighted by Crippen LogP contribution is 2.26. The highest BCUT2D eigenvalue weighted by atomic mass is 32.2. The zero-order valence-electron chi connectivity index (χ0n) is 15.5. The SMILES string of the molecule is CS(=O)(=O)OC[C@@H](OS(C)(=O)=O)c1ccc(C=N)c(NCc2ccccc2)c1. The Labute approximate surface area is 165 Å². The van der Waals surface area contributed by atoms with E-state index in [2.05, 4.69) is 5.32 Å². The molecule has 0 unspecified atom stereocenters. The zero-order valence-corrected chi connectivity index (χ0v) is 17.1. The molecule has 0 aromatic heterocycles. The first-order valence-corrected chi connectivity index (χ1v) is 11.9. The highest BCUT2D eigenvalue weighted by Gasteiger charge is 2.21. The van der Waals surface area contributed by atoms with Crippen molar-refractivity contribution in [3.63, 3.8) is 0 Å². The summed E-state index contributed by atoms with van der Waals surface area (Å²) in [6.45, 7) is -0.00344. The van der Waals surface area contributed by atoms with Gasteiger partial charge in [-0.15, -0.1) is 0 Å². The van der Waals surface area contributed by atoms with Crippen molar-refractivity contribution in [2.45, 2.75) is 12.6 Å². The van der Waals surface area contributed by atoms with Gasteiger partial charge in [0, 0.05) is 24.0 Å². The lowest BCUT2D eigenvalue weighted by atomic mass is 10.1. The van der Waals surface area contributed by atoms with Gasteiger partial charge in [0.25, 0.3) is 20.2 Å². The fourth-order valence-corrected chi connectivity index (χ4v) is 3.38. The molecule has 2 N–H and O–H groups in total. The largest absolute Gasteiger partial charge is 0.380 e. The molecule has 0 radical (unpaired) electrons. The zero-order chi connectivity index (χ0) is 20.8. The molecule has 0 aliphatic heterocycles. The van der Waals surface area contributed by atoms with Gasteiger partial charge in [-0.3, -0.25) is 8.37 Å². The van der Waals surface area contributed by atoms with E-state index in [9.17, 15) is 16.8 Å². The van der Waals surface area contributed by atoms with E-state index in [-0.39, 0.29) is 0 Å². The van der Waals surface area contributed by atoms with Crippen LogP contribution in [0.1, 0.15) is 22.8 Å². The van der Waals surface area contributed by atoms with Crippen LogP contribution in [-0.4, -0.2) is 42.2 Å². The summed E-state index contributed by atoms with van der Waals surface area (Å²) in [5, 5.41) is 10.8. The normalized spacial score (nSPS) is 13.1. The Morgan fingerprint density at radius 3 is 2.29 bits per heavy atom. The molecular formula is C18H22N2O6S2. The Morgan fingerprint density at radius 2 is 1.71 bits per heavy atom. The van der Waals surface area contributed by atoms with Gasteiger partial charge in [0.15, 0.2) is 0 Å². The molecule has 10 heteroatoms. The first kappa shape index (κ1) is 22.0. The van der Waals surface area contributed by atoms with Crippen LogP contribution < -0.4 is 5.32 Å². The van der Waals surface area contributed by atoms with Crippen molar-refractivity contribution in [2.24, 2.45) is 0 Å². The minimum Gasteiger partial charge on any atom is -0.380 e. The van der Waals surface area contributed by atoms with E-state index in [0.717, 1.165) is 24.3 Å².